The first kappa shape index (κ1) is 15.7. The van der Waals surface area contributed by atoms with Gasteiger partial charge in [-0.2, -0.15) is 5.10 Å². The molecule has 0 saturated heterocycles. The van der Waals surface area contributed by atoms with Gasteiger partial charge < -0.3 is 5.01 Å². The summed E-state index contributed by atoms with van der Waals surface area (Å²) in [5.74, 6) is 0.0363. The second-order valence-electron chi connectivity index (χ2n) is 7.32. The Kier molecular flexibility index (Phi) is 4.08. The zero-order valence-electron chi connectivity index (χ0n) is 13.5. The van der Waals surface area contributed by atoms with Crippen molar-refractivity contribution in [2.75, 3.05) is 14.1 Å². The van der Waals surface area contributed by atoms with Crippen LogP contribution in [0.5, 0.6) is 0 Å². The molecule has 0 heterocycles. The maximum atomic E-state index is 12.5. The molecule has 3 heteroatoms. The van der Waals surface area contributed by atoms with Crippen LogP contribution in [0.25, 0.3) is 0 Å². The van der Waals surface area contributed by atoms with Gasteiger partial charge in [-0.3, -0.25) is 4.79 Å². The lowest BCUT2D eigenvalue weighted by atomic mass is 9.74. The largest absolute Gasteiger partial charge is 0.302 e. The summed E-state index contributed by atoms with van der Waals surface area (Å²) in [6.45, 7) is 12.6. The van der Waals surface area contributed by atoms with E-state index in [-0.39, 0.29) is 16.6 Å². The Bertz CT molecular complexity index is 466. The molecular formula is C16H26N2O. The van der Waals surface area contributed by atoms with Crippen molar-refractivity contribution in [2.45, 2.75) is 41.5 Å². The maximum Gasteiger partial charge on any atom is 0.209 e. The fourth-order valence-corrected chi connectivity index (χ4v) is 1.89. The van der Waals surface area contributed by atoms with Crippen molar-refractivity contribution < 1.29 is 4.79 Å². The number of Topliss-reactive ketones (excluding diaryl/α,β-unsaturated/α-hetero) is 1. The van der Waals surface area contributed by atoms with Gasteiger partial charge in [0, 0.05) is 19.7 Å². The molecular weight excluding hydrogens is 236 g/mol. The molecule has 0 aromatic carbocycles. The highest BCUT2D eigenvalue weighted by Gasteiger charge is 2.32. The summed E-state index contributed by atoms with van der Waals surface area (Å²) in [5.41, 5.74) is 2.35. The Hall–Kier alpha value is -1.38. The summed E-state index contributed by atoms with van der Waals surface area (Å²) in [7, 11) is 3.67. The van der Waals surface area contributed by atoms with E-state index in [1.165, 1.54) is 0 Å². The topological polar surface area (TPSA) is 32.7 Å². The predicted molar refractivity (Wildman–Crippen MR) is 81.2 cm³/mol. The zero-order chi connectivity index (χ0) is 15.0. The van der Waals surface area contributed by atoms with E-state index in [1.54, 1.807) is 5.01 Å². The molecule has 0 fully saturated rings. The van der Waals surface area contributed by atoms with Crippen LogP contribution in [-0.2, 0) is 4.79 Å². The lowest BCUT2D eigenvalue weighted by Gasteiger charge is -2.30. The summed E-state index contributed by atoms with van der Waals surface area (Å²) in [6.07, 6.45) is 3.95. The maximum absolute atomic E-state index is 12.5. The van der Waals surface area contributed by atoms with Gasteiger partial charge in [0.15, 0.2) is 0 Å². The average Bonchev–Trinajstić information content (AvgIpc) is 2.16. The van der Waals surface area contributed by atoms with Crippen molar-refractivity contribution in [3.8, 4) is 0 Å². The molecule has 0 aromatic heterocycles. The molecule has 0 aromatic rings. The molecule has 1 aliphatic rings. The van der Waals surface area contributed by atoms with E-state index in [4.69, 9.17) is 0 Å². The molecule has 106 valence electrons. The number of hydrogen-bond acceptors (Lipinski definition) is 3. The van der Waals surface area contributed by atoms with Crippen molar-refractivity contribution in [2.24, 2.45) is 15.9 Å². The van der Waals surface area contributed by atoms with Gasteiger partial charge in [0.05, 0.1) is 0 Å². The van der Waals surface area contributed by atoms with Crippen LogP contribution < -0.4 is 0 Å². The number of ketones is 1. The molecule has 3 nitrogen and oxygen atoms in total. The van der Waals surface area contributed by atoms with Crippen LogP contribution in [0.15, 0.2) is 28.4 Å². The molecule has 0 unspecified atom stereocenters. The lowest BCUT2D eigenvalue weighted by molar-refractivity contribution is -0.110. The normalized spacial score (nSPS) is 19.4. The van der Waals surface area contributed by atoms with E-state index in [0.717, 1.165) is 11.1 Å². The van der Waals surface area contributed by atoms with Gasteiger partial charge in [-0.1, -0.05) is 47.6 Å². The van der Waals surface area contributed by atoms with Gasteiger partial charge in [0.1, 0.15) is 5.71 Å². The van der Waals surface area contributed by atoms with Gasteiger partial charge in [-0.15, -0.1) is 0 Å². The summed E-state index contributed by atoms with van der Waals surface area (Å²) in [4.78, 5) is 12.5. The van der Waals surface area contributed by atoms with Crippen molar-refractivity contribution in [1.82, 2.24) is 5.01 Å². The number of rotatable bonds is 1. The highest BCUT2D eigenvalue weighted by molar-refractivity contribution is 6.50. The molecule has 0 N–H and O–H groups in total. The number of carbonyl (C=O) groups is 1. The molecule has 1 aliphatic carbocycles. The molecule has 0 aliphatic heterocycles. The van der Waals surface area contributed by atoms with Crippen LogP contribution in [0, 0.1) is 10.8 Å². The van der Waals surface area contributed by atoms with Crippen LogP contribution in [0.3, 0.4) is 0 Å². The first-order valence-corrected chi connectivity index (χ1v) is 6.68. The van der Waals surface area contributed by atoms with Crippen LogP contribution in [0.1, 0.15) is 41.5 Å². The van der Waals surface area contributed by atoms with Crippen molar-refractivity contribution in [3.63, 3.8) is 0 Å². The third kappa shape index (κ3) is 3.79. The fourth-order valence-electron chi connectivity index (χ4n) is 1.89. The second-order valence-corrected chi connectivity index (χ2v) is 7.32. The highest BCUT2D eigenvalue weighted by Crippen LogP contribution is 2.36. The summed E-state index contributed by atoms with van der Waals surface area (Å²) in [6, 6.07) is 0. The van der Waals surface area contributed by atoms with Crippen LogP contribution in [0.2, 0.25) is 0 Å². The van der Waals surface area contributed by atoms with Crippen molar-refractivity contribution in [1.29, 1.82) is 0 Å². The minimum absolute atomic E-state index is 0.00425. The highest BCUT2D eigenvalue weighted by atomic mass is 16.1. The first-order valence-electron chi connectivity index (χ1n) is 6.68. The zero-order valence-corrected chi connectivity index (χ0v) is 13.5. The van der Waals surface area contributed by atoms with E-state index in [2.05, 4.69) is 46.6 Å². The van der Waals surface area contributed by atoms with Crippen LogP contribution in [0.4, 0.5) is 0 Å². The quantitative estimate of drug-likeness (QED) is 0.536. The monoisotopic (exact) mass is 262 g/mol. The lowest BCUT2D eigenvalue weighted by Crippen LogP contribution is -2.30. The first-order chi connectivity index (χ1) is 8.43. The molecule has 0 atom stereocenters. The van der Waals surface area contributed by atoms with E-state index in [0.29, 0.717) is 5.71 Å². The molecule has 0 radical (unpaired) electrons. The Labute approximate surface area is 117 Å². The summed E-state index contributed by atoms with van der Waals surface area (Å²) < 4.78 is 0. The molecule has 0 amide bonds. The van der Waals surface area contributed by atoms with Crippen molar-refractivity contribution >= 4 is 11.5 Å². The minimum Gasteiger partial charge on any atom is -0.302 e. The number of allylic oxidation sites excluding steroid dienone is 4. The number of hydrazone groups is 1. The van der Waals surface area contributed by atoms with Crippen molar-refractivity contribution in [3.05, 3.63) is 23.3 Å². The Morgan fingerprint density at radius 2 is 1.47 bits per heavy atom. The fraction of sp³-hybridized carbons (Fsp3) is 0.625. The van der Waals surface area contributed by atoms with E-state index in [1.807, 2.05) is 26.2 Å². The van der Waals surface area contributed by atoms with Gasteiger partial charge in [0.25, 0.3) is 0 Å². The average molecular weight is 262 g/mol. The number of hydrogen-bond donors (Lipinski definition) is 0. The summed E-state index contributed by atoms with van der Waals surface area (Å²) >= 11 is 0. The molecule has 1 rings (SSSR count). The Balaban J connectivity index is 3.40. The van der Waals surface area contributed by atoms with E-state index >= 15 is 0 Å². The smallest absolute Gasteiger partial charge is 0.209 e. The van der Waals surface area contributed by atoms with Crippen LogP contribution in [-0.4, -0.2) is 30.6 Å². The van der Waals surface area contributed by atoms with Gasteiger partial charge >= 0.3 is 0 Å². The second kappa shape index (κ2) is 4.95. The SMILES string of the molecule is CN(C)N=C1C=C(C(C)(C)C)C=C(C(C)(C)C)C1=O. The molecule has 0 spiro atoms. The number of nitrogens with zero attached hydrogens (tertiary/aromatic N) is 2. The van der Waals surface area contributed by atoms with Gasteiger partial charge in [0.2, 0.25) is 5.78 Å². The Morgan fingerprint density at radius 1 is 0.947 bits per heavy atom. The summed E-state index contributed by atoms with van der Waals surface area (Å²) in [5, 5.41) is 6.00. The molecule has 19 heavy (non-hydrogen) atoms. The van der Waals surface area contributed by atoms with Gasteiger partial charge in [-0.25, -0.2) is 0 Å². The third-order valence-corrected chi connectivity index (χ3v) is 3.05. The molecule has 0 bridgehead atoms. The standard InChI is InChI=1S/C16H26N2O/c1-15(2,3)11-9-12(16(4,5)6)14(19)13(10-11)17-18(7)8/h9-10H,1-8H3. The van der Waals surface area contributed by atoms with Crippen LogP contribution >= 0.6 is 0 Å². The van der Waals surface area contributed by atoms with E-state index in [9.17, 15) is 4.79 Å². The predicted octanol–water partition coefficient (Wildman–Crippen LogP) is 3.43. The molecule has 0 saturated carbocycles. The number of carbonyl (C=O) groups excluding carboxylic acids is 1. The minimum atomic E-state index is -0.172. The third-order valence-electron chi connectivity index (χ3n) is 3.05. The Morgan fingerprint density at radius 3 is 1.84 bits per heavy atom. The van der Waals surface area contributed by atoms with E-state index < -0.39 is 0 Å². The van der Waals surface area contributed by atoms with Gasteiger partial charge in [-0.05, 0) is 22.5 Å².